The lowest BCUT2D eigenvalue weighted by Gasteiger charge is -2.21. The monoisotopic (exact) mass is 240 g/mol. The maximum absolute atomic E-state index is 9.02. The zero-order chi connectivity index (χ0) is 11.5. The molecule has 0 radical (unpaired) electrons. The number of nitrogens with two attached hydrogens (primary N) is 1. The molecule has 0 unspecified atom stereocenters. The third-order valence-corrected chi connectivity index (χ3v) is 3.16. The van der Waals surface area contributed by atoms with Gasteiger partial charge >= 0.3 is 0 Å². The van der Waals surface area contributed by atoms with Gasteiger partial charge in [-0.2, -0.15) is 0 Å². The normalized spacial score (nSPS) is 15.7. The summed E-state index contributed by atoms with van der Waals surface area (Å²) in [6.45, 7) is 1.67. The highest BCUT2D eigenvalue weighted by Gasteiger charge is 2.28. The van der Waals surface area contributed by atoms with E-state index in [1.165, 1.54) is 12.8 Å². The van der Waals surface area contributed by atoms with Gasteiger partial charge in [-0.05, 0) is 36.6 Å². The fourth-order valence-electron chi connectivity index (χ4n) is 1.89. The molecule has 3 N–H and O–H groups in total. The molecule has 16 heavy (non-hydrogen) atoms. The summed E-state index contributed by atoms with van der Waals surface area (Å²) in [5.41, 5.74) is 7.73. The maximum Gasteiger partial charge on any atom is 0.0558 e. The number of aliphatic hydroxyl groups is 1. The second-order valence-corrected chi connectivity index (χ2v) is 4.70. The molecule has 1 aromatic carbocycles. The van der Waals surface area contributed by atoms with Crippen molar-refractivity contribution in [2.45, 2.75) is 25.4 Å². The second kappa shape index (κ2) is 5.04. The van der Waals surface area contributed by atoms with Crippen molar-refractivity contribution in [2.75, 3.05) is 18.9 Å². The molecule has 0 bridgehead atoms. The number of hydrogen-bond donors (Lipinski definition) is 2. The van der Waals surface area contributed by atoms with Crippen LogP contribution in [-0.2, 0) is 6.54 Å². The minimum absolute atomic E-state index is 0.191. The van der Waals surface area contributed by atoms with Crippen LogP contribution in [0.1, 0.15) is 18.4 Å². The topological polar surface area (TPSA) is 49.5 Å². The molecular formula is C12H17ClN2O. The minimum atomic E-state index is 0.191. The van der Waals surface area contributed by atoms with Crippen LogP contribution in [0.15, 0.2) is 18.2 Å². The van der Waals surface area contributed by atoms with Crippen LogP contribution in [0.3, 0.4) is 0 Å². The highest BCUT2D eigenvalue weighted by molar-refractivity contribution is 6.30. The average Bonchev–Trinajstić information content (AvgIpc) is 3.06. The van der Waals surface area contributed by atoms with E-state index in [9.17, 15) is 0 Å². The van der Waals surface area contributed by atoms with Crippen LogP contribution in [0.4, 0.5) is 5.69 Å². The van der Waals surface area contributed by atoms with E-state index in [-0.39, 0.29) is 6.61 Å². The number of hydrogen-bond acceptors (Lipinski definition) is 3. The number of nitrogen functional groups attached to an aromatic ring is 1. The van der Waals surface area contributed by atoms with Gasteiger partial charge in [-0.15, -0.1) is 0 Å². The van der Waals surface area contributed by atoms with E-state index < -0.39 is 0 Å². The molecule has 0 atom stereocenters. The van der Waals surface area contributed by atoms with Gasteiger partial charge in [0.1, 0.15) is 0 Å². The molecule has 2 rings (SSSR count). The fraction of sp³-hybridized carbons (Fsp3) is 0.500. The van der Waals surface area contributed by atoms with Crippen molar-refractivity contribution >= 4 is 17.3 Å². The van der Waals surface area contributed by atoms with E-state index in [1.807, 2.05) is 12.1 Å². The van der Waals surface area contributed by atoms with E-state index in [0.29, 0.717) is 17.6 Å². The Hall–Kier alpha value is -0.770. The Morgan fingerprint density at radius 2 is 2.19 bits per heavy atom. The van der Waals surface area contributed by atoms with E-state index in [1.54, 1.807) is 6.07 Å². The van der Waals surface area contributed by atoms with Crippen LogP contribution in [0.25, 0.3) is 0 Å². The Kier molecular flexibility index (Phi) is 3.69. The summed E-state index contributed by atoms with van der Waals surface area (Å²) in [7, 11) is 0. The average molecular weight is 241 g/mol. The van der Waals surface area contributed by atoms with Crippen LogP contribution < -0.4 is 5.73 Å². The van der Waals surface area contributed by atoms with Crippen molar-refractivity contribution in [3.05, 3.63) is 28.8 Å². The molecular weight excluding hydrogens is 224 g/mol. The summed E-state index contributed by atoms with van der Waals surface area (Å²) in [4.78, 5) is 2.27. The van der Waals surface area contributed by atoms with E-state index in [2.05, 4.69) is 4.90 Å². The smallest absolute Gasteiger partial charge is 0.0558 e. The lowest BCUT2D eigenvalue weighted by molar-refractivity contribution is 0.183. The van der Waals surface area contributed by atoms with Crippen LogP contribution >= 0.6 is 11.6 Å². The number of benzene rings is 1. The van der Waals surface area contributed by atoms with Crippen molar-refractivity contribution in [3.8, 4) is 0 Å². The first-order valence-corrected chi connectivity index (χ1v) is 5.97. The Morgan fingerprint density at radius 3 is 2.81 bits per heavy atom. The molecule has 1 aliphatic carbocycles. The summed E-state index contributed by atoms with van der Waals surface area (Å²) in [6.07, 6.45) is 2.45. The third-order valence-electron chi connectivity index (χ3n) is 2.93. The molecule has 1 fully saturated rings. The van der Waals surface area contributed by atoms with Crippen LogP contribution in [-0.4, -0.2) is 29.2 Å². The molecule has 0 aliphatic heterocycles. The standard InChI is InChI=1S/C12H17ClN2O/c13-10-1-4-12(14)9(7-10)8-15(5-6-16)11-2-3-11/h1,4,7,11,16H,2-3,5-6,8,14H2. The van der Waals surface area contributed by atoms with Gasteiger partial charge in [0.2, 0.25) is 0 Å². The molecule has 4 heteroatoms. The summed E-state index contributed by atoms with van der Waals surface area (Å²) >= 11 is 5.95. The lowest BCUT2D eigenvalue weighted by atomic mass is 10.1. The number of nitrogens with zero attached hydrogens (tertiary/aromatic N) is 1. The van der Waals surface area contributed by atoms with E-state index in [0.717, 1.165) is 17.8 Å². The fourth-order valence-corrected chi connectivity index (χ4v) is 2.08. The predicted octanol–water partition coefficient (Wildman–Crippen LogP) is 1.88. The van der Waals surface area contributed by atoms with Crippen LogP contribution in [0.5, 0.6) is 0 Å². The lowest BCUT2D eigenvalue weighted by Crippen LogP contribution is -2.28. The summed E-state index contributed by atoms with van der Waals surface area (Å²) < 4.78 is 0. The molecule has 0 heterocycles. The van der Waals surface area contributed by atoms with Gasteiger partial charge < -0.3 is 10.8 Å². The molecule has 1 aliphatic rings. The molecule has 0 saturated heterocycles. The van der Waals surface area contributed by atoms with E-state index in [4.69, 9.17) is 22.4 Å². The largest absolute Gasteiger partial charge is 0.398 e. The molecule has 0 spiro atoms. The summed E-state index contributed by atoms with van der Waals surface area (Å²) in [5, 5.41) is 9.73. The highest BCUT2D eigenvalue weighted by Crippen LogP contribution is 2.29. The zero-order valence-electron chi connectivity index (χ0n) is 9.19. The Labute approximate surface area is 101 Å². The van der Waals surface area contributed by atoms with Gasteiger partial charge in [-0.3, -0.25) is 4.90 Å². The van der Waals surface area contributed by atoms with Crippen molar-refractivity contribution < 1.29 is 5.11 Å². The summed E-state index contributed by atoms with van der Waals surface area (Å²) in [6, 6.07) is 6.16. The Morgan fingerprint density at radius 1 is 1.44 bits per heavy atom. The number of anilines is 1. The second-order valence-electron chi connectivity index (χ2n) is 4.27. The SMILES string of the molecule is Nc1ccc(Cl)cc1CN(CCO)C1CC1. The molecule has 0 amide bonds. The third kappa shape index (κ3) is 2.88. The van der Waals surface area contributed by atoms with Crippen LogP contribution in [0, 0.1) is 0 Å². The first kappa shape index (κ1) is 11.7. The van der Waals surface area contributed by atoms with Crippen molar-refractivity contribution in [1.29, 1.82) is 0 Å². The minimum Gasteiger partial charge on any atom is -0.398 e. The first-order chi connectivity index (χ1) is 7.70. The Bertz CT molecular complexity index is 366. The Balaban J connectivity index is 2.08. The molecule has 1 aromatic rings. The van der Waals surface area contributed by atoms with Crippen molar-refractivity contribution in [1.82, 2.24) is 4.90 Å². The van der Waals surface area contributed by atoms with Gasteiger partial charge in [0.15, 0.2) is 0 Å². The van der Waals surface area contributed by atoms with Gasteiger partial charge in [0.25, 0.3) is 0 Å². The molecule has 88 valence electrons. The highest BCUT2D eigenvalue weighted by atomic mass is 35.5. The van der Waals surface area contributed by atoms with Crippen molar-refractivity contribution in [3.63, 3.8) is 0 Å². The number of halogens is 1. The van der Waals surface area contributed by atoms with Gasteiger partial charge in [0.05, 0.1) is 6.61 Å². The van der Waals surface area contributed by atoms with Crippen LogP contribution in [0.2, 0.25) is 5.02 Å². The van der Waals surface area contributed by atoms with Gasteiger partial charge in [-0.1, -0.05) is 11.6 Å². The molecule has 0 aromatic heterocycles. The van der Waals surface area contributed by atoms with Gasteiger partial charge in [-0.25, -0.2) is 0 Å². The zero-order valence-corrected chi connectivity index (χ0v) is 9.95. The summed E-state index contributed by atoms with van der Waals surface area (Å²) in [5.74, 6) is 0. The predicted molar refractivity (Wildman–Crippen MR) is 66.4 cm³/mol. The quantitative estimate of drug-likeness (QED) is 0.773. The molecule has 1 saturated carbocycles. The van der Waals surface area contributed by atoms with Gasteiger partial charge in [0, 0.05) is 29.8 Å². The number of rotatable bonds is 5. The number of aliphatic hydroxyl groups excluding tert-OH is 1. The maximum atomic E-state index is 9.02. The van der Waals surface area contributed by atoms with E-state index >= 15 is 0 Å². The first-order valence-electron chi connectivity index (χ1n) is 5.59. The molecule has 3 nitrogen and oxygen atoms in total. The van der Waals surface area contributed by atoms with Crippen molar-refractivity contribution in [2.24, 2.45) is 0 Å².